The number of nitrogens with zero attached hydrogens (tertiary/aromatic N) is 3. The summed E-state index contributed by atoms with van der Waals surface area (Å²) >= 11 is 0. The van der Waals surface area contributed by atoms with Crippen LogP contribution in [-0.4, -0.2) is 35.8 Å². The molecule has 0 N–H and O–H groups in total. The van der Waals surface area contributed by atoms with Gasteiger partial charge in [0.1, 0.15) is 0 Å². The highest BCUT2D eigenvalue weighted by Gasteiger charge is 2.31. The summed E-state index contributed by atoms with van der Waals surface area (Å²) in [7, 11) is 3.21. The molecule has 0 fully saturated rings. The van der Waals surface area contributed by atoms with Gasteiger partial charge in [-0.05, 0) is 48.7 Å². The van der Waals surface area contributed by atoms with Gasteiger partial charge in [-0.3, -0.25) is 4.90 Å². The molecule has 0 radical (unpaired) electrons. The van der Waals surface area contributed by atoms with E-state index in [4.69, 9.17) is 14.0 Å². The summed E-state index contributed by atoms with van der Waals surface area (Å²) in [4.78, 5) is 6.54. The van der Waals surface area contributed by atoms with Crippen molar-refractivity contribution >= 4 is 0 Å². The minimum atomic E-state index is -4.43. The Labute approximate surface area is 177 Å². The normalized spacial score (nSPS) is 15.4. The Kier molecular flexibility index (Phi) is 5.62. The molecule has 4 rings (SSSR count). The first-order valence-electron chi connectivity index (χ1n) is 9.79. The van der Waals surface area contributed by atoms with E-state index in [2.05, 4.69) is 15.0 Å². The van der Waals surface area contributed by atoms with Crippen LogP contribution in [0.5, 0.6) is 11.5 Å². The van der Waals surface area contributed by atoms with E-state index in [0.717, 1.165) is 30.7 Å². The lowest BCUT2D eigenvalue weighted by atomic mass is 9.97. The van der Waals surface area contributed by atoms with Gasteiger partial charge < -0.3 is 14.0 Å². The van der Waals surface area contributed by atoms with E-state index in [0.29, 0.717) is 23.9 Å². The number of benzene rings is 2. The molecule has 0 saturated carbocycles. The van der Waals surface area contributed by atoms with Crippen LogP contribution < -0.4 is 9.47 Å². The zero-order valence-electron chi connectivity index (χ0n) is 17.4. The molecule has 0 aliphatic carbocycles. The number of hydrogen-bond acceptors (Lipinski definition) is 6. The standard InChI is InChI=1S/C22H22F3N3O3/c1-13(28-8-7-14-10-18(29-2)19(30-3)11-16(14)12-28)21-26-20(27-31-21)15-5-4-6-17(9-15)22(23,24)25/h4-6,9-11,13H,7-8,12H2,1-3H3/t13-/m1/s1. The molecule has 1 aromatic heterocycles. The maximum atomic E-state index is 13.0. The fraction of sp³-hybridized carbons (Fsp3) is 0.364. The van der Waals surface area contributed by atoms with Crippen molar-refractivity contribution in [3.63, 3.8) is 0 Å². The lowest BCUT2D eigenvalue weighted by Crippen LogP contribution is -2.33. The molecule has 1 aliphatic rings. The number of hydrogen-bond donors (Lipinski definition) is 0. The minimum absolute atomic E-state index is 0.136. The predicted molar refractivity (Wildman–Crippen MR) is 107 cm³/mol. The zero-order chi connectivity index (χ0) is 22.2. The first-order chi connectivity index (χ1) is 14.8. The monoisotopic (exact) mass is 433 g/mol. The number of ether oxygens (including phenoxy) is 2. The van der Waals surface area contributed by atoms with Crippen molar-refractivity contribution in [2.45, 2.75) is 32.1 Å². The third-order valence-electron chi connectivity index (χ3n) is 5.54. The van der Waals surface area contributed by atoms with Crippen molar-refractivity contribution in [2.75, 3.05) is 20.8 Å². The highest BCUT2D eigenvalue weighted by atomic mass is 19.4. The van der Waals surface area contributed by atoms with Gasteiger partial charge >= 0.3 is 6.18 Å². The number of aromatic nitrogens is 2. The van der Waals surface area contributed by atoms with Crippen molar-refractivity contribution in [3.05, 3.63) is 59.0 Å². The SMILES string of the molecule is COc1cc2c(cc1OC)CN([C@H](C)c1nc(-c3cccc(C(F)(F)F)c3)no1)CC2. The number of rotatable bonds is 5. The van der Waals surface area contributed by atoms with Crippen molar-refractivity contribution in [1.29, 1.82) is 0 Å². The molecule has 1 aliphatic heterocycles. The average molecular weight is 433 g/mol. The lowest BCUT2D eigenvalue weighted by molar-refractivity contribution is -0.137. The maximum Gasteiger partial charge on any atom is 0.416 e. The van der Waals surface area contributed by atoms with E-state index in [1.54, 1.807) is 14.2 Å². The summed E-state index contributed by atoms with van der Waals surface area (Å²) in [6.07, 6.45) is -3.62. The second-order valence-electron chi connectivity index (χ2n) is 7.41. The van der Waals surface area contributed by atoms with Crippen molar-refractivity contribution in [1.82, 2.24) is 15.0 Å². The van der Waals surface area contributed by atoms with E-state index in [1.807, 2.05) is 19.1 Å². The Bertz CT molecular complexity index is 1080. The van der Waals surface area contributed by atoms with Crippen LogP contribution >= 0.6 is 0 Å². The number of methoxy groups -OCH3 is 2. The molecule has 6 nitrogen and oxygen atoms in total. The van der Waals surface area contributed by atoms with Gasteiger partial charge in [0.25, 0.3) is 0 Å². The van der Waals surface area contributed by atoms with Gasteiger partial charge in [0, 0.05) is 18.7 Å². The van der Waals surface area contributed by atoms with Crippen LogP contribution in [0.2, 0.25) is 0 Å². The van der Waals surface area contributed by atoms with Gasteiger partial charge in [-0.1, -0.05) is 17.3 Å². The van der Waals surface area contributed by atoms with E-state index >= 15 is 0 Å². The third-order valence-corrected chi connectivity index (χ3v) is 5.54. The van der Waals surface area contributed by atoms with Crippen LogP contribution in [0, 0.1) is 0 Å². The van der Waals surface area contributed by atoms with E-state index in [9.17, 15) is 13.2 Å². The molecule has 2 aromatic carbocycles. The summed E-state index contributed by atoms with van der Waals surface area (Å²) in [5.74, 6) is 1.86. The van der Waals surface area contributed by atoms with Crippen molar-refractivity contribution in [2.24, 2.45) is 0 Å². The van der Waals surface area contributed by atoms with Gasteiger partial charge in [-0.15, -0.1) is 0 Å². The fourth-order valence-electron chi connectivity index (χ4n) is 3.75. The van der Waals surface area contributed by atoms with Gasteiger partial charge in [-0.25, -0.2) is 0 Å². The minimum Gasteiger partial charge on any atom is -0.493 e. The van der Waals surface area contributed by atoms with Crippen LogP contribution in [0.4, 0.5) is 13.2 Å². The van der Waals surface area contributed by atoms with E-state index in [1.165, 1.54) is 17.7 Å². The molecule has 0 saturated heterocycles. The summed E-state index contributed by atoms with van der Waals surface area (Å²) < 4.78 is 55.2. The maximum absolute atomic E-state index is 13.0. The molecule has 2 heterocycles. The Morgan fingerprint density at radius 1 is 1.06 bits per heavy atom. The van der Waals surface area contributed by atoms with Gasteiger partial charge in [0.2, 0.25) is 11.7 Å². The molecule has 9 heteroatoms. The Hall–Kier alpha value is -3.07. The van der Waals surface area contributed by atoms with Crippen LogP contribution in [0.3, 0.4) is 0 Å². The molecule has 3 aromatic rings. The zero-order valence-corrected chi connectivity index (χ0v) is 17.4. The number of alkyl halides is 3. The van der Waals surface area contributed by atoms with Crippen LogP contribution in [0.1, 0.15) is 35.5 Å². The summed E-state index contributed by atoms with van der Waals surface area (Å²) in [6, 6.07) is 8.67. The van der Waals surface area contributed by atoms with Crippen molar-refractivity contribution < 1.29 is 27.2 Å². The molecule has 0 unspecified atom stereocenters. The highest BCUT2D eigenvalue weighted by Crippen LogP contribution is 2.36. The first-order valence-corrected chi connectivity index (χ1v) is 9.79. The first kappa shape index (κ1) is 21.2. The second kappa shape index (κ2) is 8.22. The average Bonchev–Trinajstić information content (AvgIpc) is 3.27. The topological polar surface area (TPSA) is 60.6 Å². The molecule has 1 atom stereocenters. The Balaban J connectivity index is 1.54. The van der Waals surface area contributed by atoms with Crippen LogP contribution in [0.25, 0.3) is 11.4 Å². The predicted octanol–water partition coefficient (Wildman–Crippen LogP) is 4.89. The number of halogens is 3. The third kappa shape index (κ3) is 4.23. The quantitative estimate of drug-likeness (QED) is 0.571. The number of fused-ring (bicyclic) bond motifs is 1. The largest absolute Gasteiger partial charge is 0.493 e. The fourth-order valence-corrected chi connectivity index (χ4v) is 3.75. The molecule has 0 bridgehead atoms. The molecular weight excluding hydrogens is 411 g/mol. The molecular formula is C22H22F3N3O3. The van der Waals surface area contributed by atoms with Gasteiger partial charge in [0.05, 0.1) is 25.8 Å². The Morgan fingerprint density at radius 2 is 1.77 bits per heavy atom. The summed E-state index contributed by atoms with van der Waals surface area (Å²) in [5, 5.41) is 3.90. The smallest absolute Gasteiger partial charge is 0.416 e. The van der Waals surface area contributed by atoms with Crippen molar-refractivity contribution in [3.8, 4) is 22.9 Å². The molecule has 31 heavy (non-hydrogen) atoms. The molecule has 0 amide bonds. The second-order valence-corrected chi connectivity index (χ2v) is 7.41. The summed E-state index contributed by atoms with van der Waals surface area (Å²) in [6.45, 7) is 3.36. The van der Waals surface area contributed by atoms with E-state index < -0.39 is 11.7 Å². The molecule has 164 valence electrons. The van der Waals surface area contributed by atoms with Gasteiger partial charge in [0.15, 0.2) is 11.5 Å². The van der Waals surface area contributed by atoms with Crippen LogP contribution in [0.15, 0.2) is 40.9 Å². The van der Waals surface area contributed by atoms with Gasteiger partial charge in [-0.2, -0.15) is 18.2 Å². The van der Waals surface area contributed by atoms with Crippen LogP contribution in [-0.2, 0) is 19.1 Å². The highest BCUT2D eigenvalue weighted by molar-refractivity contribution is 5.56. The van der Waals surface area contributed by atoms with E-state index in [-0.39, 0.29) is 17.4 Å². The summed E-state index contributed by atoms with van der Waals surface area (Å²) in [5.41, 5.74) is 1.82. The lowest BCUT2D eigenvalue weighted by Gasteiger charge is -2.32. The molecule has 0 spiro atoms. The Morgan fingerprint density at radius 3 is 2.45 bits per heavy atom.